The number of rotatable bonds is 7. The average molecular weight is 492 g/mol. The summed E-state index contributed by atoms with van der Waals surface area (Å²) in [6.45, 7) is 6.56. The number of carbonyl (C=O) groups excluding carboxylic acids is 2. The van der Waals surface area contributed by atoms with Gasteiger partial charge >= 0.3 is 0 Å². The Morgan fingerprint density at radius 2 is 1.83 bits per heavy atom. The SMILES string of the molecule is Cc1ccc(-c2noc(CCCN3CCN(C(=O)C4CCCCN4C(=O)c4ccco4)CC3)n2)cc1. The molecule has 36 heavy (non-hydrogen) atoms. The van der Waals surface area contributed by atoms with Gasteiger partial charge in [-0.2, -0.15) is 4.98 Å². The number of amides is 2. The predicted molar refractivity (Wildman–Crippen MR) is 133 cm³/mol. The molecule has 9 nitrogen and oxygen atoms in total. The lowest BCUT2D eigenvalue weighted by atomic mass is 10.00. The van der Waals surface area contributed by atoms with Crippen LogP contribution in [0.15, 0.2) is 51.6 Å². The van der Waals surface area contributed by atoms with Crippen molar-refractivity contribution < 1.29 is 18.5 Å². The third-order valence-corrected chi connectivity index (χ3v) is 7.11. The fraction of sp³-hybridized carbons (Fsp3) is 0.481. The van der Waals surface area contributed by atoms with Crippen LogP contribution in [0.5, 0.6) is 0 Å². The van der Waals surface area contributed by atoms with E-state index in [4.69, 9.17) is 8.94 Å². The van der Waals surface area contributed by atoms with Crippen LogP contribution in [0.1, 0.15) is 47.7 Å². The molecule has 0 saturated carbocycles. The van der Waals surface area contributed by atoms with E-state index >= 15 is 0 Å². The van der Waals surface area contributed by atoms with E-state index in [0.29, 0.717) is 43.5 Å². The van der Waals surface area contributed by atoms with E-state index in [1.807, 2.05) is 29.2 Å². The Labute approximate surface area is 211 Å². The Balaban J connectivity index is 1.08. The summed E-state index contributed by atoms with van der Waals surface area (Å²) in [5, 5.41) is 4.11. The molecule has 2 amide bonds. The minimum absolute atomic E-state index is 0.0590. The van der Waals surface area contributed by atoms with Crippen LogP contribution < -0.4 is 0 Å². The monoisotopic (exact) mass is 491 g/mol. The molecule has 1 atom stereocenters. The van der Waals surface area contributed by atoms with Gasteiger partial charge in [0.2, 0.25) is 17.6 Å². The quantitative estimate of drug-likeness (QED) is 0.500. The number of piperazine rings is 1. The second-order valence-corrected chi connectivity index (χ2v) is 9.64. The van der Waals surface area contributed by atoms with Crippen LogP contribution in [0, 0.1) is 6.92 Å². The smallest absolute Gasteiger partial charge is 0.290 e. The van der Waals surface area contributed by atoms with Crippen molar-refractivity contribution in [2.45, 2.75) is 45.1 Å². The largest absolute Gasteiger partial charge is 0.459 e. The van der Waals surface area contributed by atoms with E-state index in [9.17, 15) is 9.59 Å². The standard InChI is InChI=1S/C27H33N5O4/c1-20-9-11-21(12-10-20)25-28-24(36-29-25)8-4-13-30-15-17-31(18-16-30)26(33)22-6-2-3-14-32(22)27(34)23-7-5-19-35-23/h5,7,9-12,19,22H,2-4,6,8,13-18H2,1H3. The highest BCUT2D eigenvalue weighted by atomic mass is 16.5. The van der Waals surface area contributed by atoms with Gasteiger partial charge in [0, 0.05) is 44.7 Å². The van der Waals surface area contributed by atoms with Gasteiger partial charge in [-0.3, -0.25) is 14.5 Å². The van der Waals surface area contributed by atoms with Gasteiger partial charge in [-0.25, -0.2) is 0 Å². The van der Waals surface area contributed by atoms with E-state index in [0.717, 1.165) is 50.9 Å². The average Bonchev–Trinajstić information content (AvgIpc) is 3.62. The summed E-state index contributed by atoms with van der Waals surface area (Å²) in [4.78, 5) is 36.7. The number of aryl methyl sites for hydroxylation is 2. The summed E-state index contributed by atoms with van der Waals surface area (Å²) < 4.78 is 10.7. The zero-order valence-electron chi connectivity index (χ0n) is 20.8. The molecule has 4 heterocycles. The molecule has 3 aromatic rings. The van der Waals surface area contributed by atoms with Gasteiger partial charge in [0.15, 0.2) is 5.76 Å². The molecule has 1 unspecified atom stereocenters. The number of benzene rings is 1. The maximum absolute atomic E-state index is 13.3. The molecular formula is C27H33N5O4. The Bertz CT molecular complexity index is 1150. The van der Waals surface area contributed by atoms with Crippen LogP contribution >= 0.6 is 0 Å². The van der Waals surface area contributed by atoms with Crippen molar-refractivity contribution in [2.75, 3.05) is 39.3 Å². The molecule has 2 aliphatic heterocycles. The lowest BCUT2D eigenvalue weighted by Crippen LogP contribution is -2.57. The number of hydrogen-bond acceptors (Lipinski definition) is 7. The van der Waals surface area contributed by atoms with E-state index in [-0.39, 0.29) is 11.8 Å². The van der Waals surface area contributed by atoms with Crippen LogP contribution in [-0.2, 0) is 11.2 Å². The number of aromatic nitrogens is 2. The molecule has 0 N–H and O–H groups in total. The first kappa shape index (κ1) is 24.2. The number of nitrogens with zero attached hydrogens (tertiary/aromatic N) is 5. The van der Waals surface area contributed by atoms with Gasteiger partial charge < -0.3 is 18.7 Å². The highest BCUT2D eigenvalue weighted by Gasteiger charge is 2.36. The summed E-state index contributed by atoms with van der Waals surface area (Å²) in [5.41, 5.74) is 2.15. The second-order valence-electron chi connectivity index (χ2n) is 9.64. The molecule has 2 aromatic heterocycles. The zero-order chi connectivity index (χ0) is 24.9. The molecule has 2 saturated heterocycles. The maximum atomic E-state index is 13.3. The molecule has 2 aliphatic rings. The molecule has 2 fully saturated rings. The molecule has 0 aliphatic carbocycles. The summed E-state index contributed by atoms with van der Waals surface area (Å²) in [7, 11) is 0. The van der Waals surface area contributed by atoms with Gasteiger partial charge in [-0.15, -0.1) is 0 Å². The topological polar surface area (TPSA) is 95.9 Å². The summed E-state index contributed by atoms with van der Waals surface area (Å²) in [5.74, 6) is 1.44. The number of likely N-dealkylation sites (tertiary alicyclic amines) is 1. The number of furan rings is 1. The highest BCUT2D eigenvalue weighted by Crippen LogP contribution is 2.23. The van der Waals surface area contributed by atoms with Crippen LogP contribution in [0.4, 0.5) is 0 Å². The van der Waals surface area contributed by atoms with E-state index in [1.54, 1.807) is 17.0 Å². The minimum atomic E-state index is -0.400. The minimum Gasteiger partial charge on any atom is -0.459 e. The fourth-order valence-electron chi connectivity index (χ4n) is 5.01. The van der Waals surface area contributed by atoms with Gasteiger partial charge in [0.25, 0.3) is 5.91 Å². The number of carbonyl (C=O) groups is 2. The van der Waals surface area contributed by atoms with Crippen molar-refractivity contribution in [1.29, 1.82) is 0 Å². The normalized spacial score (nSPS) is 19.0. The van der Waals surface area contributed by atoms with E-state index in [2.05, 4.69) is 22.0 Å². The van der Waals surface area contributed by atoms with Gasteiger partial charge in [-0.1, -0.05) is 35.0 Å². The molecule has 0 bridgehead atoms. The van der Waals surface area contributed by atoms with Crippen molar-refractivity contribution in [3.8, 4) is 11.4 Å². The van der Waals surface area contributed by atoms with Gasteiger partial charge in [0.1, 0.15) is 6.04 Å². The van der Waals surface area contributed by atoms with Crippen molar-refractivity contribution >= 4 is 11.8 Å². The van der Waals surface area contributed by atoms with E-state index < -0.39 is 6.04 Å². The molecule has 190 valence electrons. The fourth-order valence-corrected chi connectivity index (χ4v) is 5.01. The molecule has 9 heteroatoms. The zero-order valence-corrected chi connectivity index (χ0v) is 20.8. The lowest BCUT2D eigenvalue weighted by Gasteiger charge is -2.40. The highest BCUT2D eigenvalue weighted by molar-refractivity contribution is 5.95. The molecular weight excluding hydrogens is 458 g/mol. The first-order valence-corrected chi connectivity index (χ1v) is 12.8. The summed E-state index contributed by atoms with van der Waals surface area (Å²) >= 11 is 0. The Morgan fingerprint density at radius 3 is 2.58 bits per heavy atom. The van der Waals surface area contributed by atoms with E-state index in [1.165, 1.54) is 11.8 Å². The van der Waals surface area contributed by atoms with Crippen molar-refractivity contribution in [1.82, 2.24) is 24.8 Å². The van der Waals surface area contributed by atoms with Crippen LogP contribution in [0.3, 0.4) is 0 Å². The second kappa shape index (κ2) is 11.1. The number of hydrogen-bond donors (Lipinski definition) is 0. The maximum Gasteiger partial charge on any atom is 0.290 e. The van der Waals surface area contributed by atoms with Crippen molar-refractivity contribution in [2.24, 2.45) is 0 Å². The van der Waals surface area contributed by atoms with Crippen LogP contribution in [-0.4, -0.2) is 82.0 Å². The third-order valence-electron chi connectivity index (χ3n) is 7.11. The Morgan fingerprint density at radius 1 is 1.03 bits per heavy atom. The van der Waals surface area contributed by atoms with Crippen LogP contribution in [0.2, 0.25) is 0 Å². The van der Waals surface area contributed by atoms with Crippen molar-refractivity contribution in [3.05, 3.63) is 59.9 Å². The van der Waals surface area contributed by atoms with Crippen LogP contribution in [0.25, 0.3) is 11.4 Å². The lowest BCUT2D eigenvalue weighted by molar-refractivity contribution is -0.139. The van der Waals surface area contributed by atoms with Gasteiger partial charge in [0.05, 0.1) is 6.26 Å². The molecule has 1 aromatic carbocycles. The number of piperidine rings is 1. The third kappa shape index (κ3) is 5.51. The first-order chi connectivity index (χ1) is 17.6. The first-order valence-electron chi connectivity index (χ1n) is 12.8. The Hall–Kier alpha value is -3.46. The van der Waals surface area contributed by atoms with Gasteiger partial charge in [-0.05, 0) is 51.3 Å². The summed E-state index contributed by atoms with van der Waals surface area (Å²) in [6, 6.07) is 11.1. The Kier molecular flexibility index (Phi) is 7.46. The van der Waals surface area contributed by atoms with Crippen molar-refractivity contribution in [3.63, 3.8) is 0 Å². The molecule has 5 rings (SSSR count). The molecule has 0 spiro atoms. The molecule has 0 radical (unpaired) electrons. The summed E-state index contributed by atoms with van der Waals surface area (Å²) in [6.07, 6.45) is 5.71. The predicted octanol–water partition coefficient (Wildman–Crippen LogP) is 3.41.